The molecule has 1 amide bonds. The quantitative estimate of drug-likeness (QED) is 0.668. The van der Waals surface area contributed by atoms with Crippen LogP contribution >= 0.6 is 0 Å². The Balaban J connectivity index is 2.15. The first-order valence-electron chi connectivity index (χ1n) is 9.83. The average molecular weight is 419 g/mol. The first kappa shape index (κ1) is 22.7. The number of carbonyl (C=O) groups excluding carboxylic acids is 1. The van der Waals surface area contributed by atoms with Crippen molar-refractivity contribution in [1.82, 2.24) is 0 Å². The molecule has 0 aliphatic carbocycles. The van der Waals surface area contributed by atoms with Gasteiger partial charge in [0.1, 0.15) is 5.75 Å². The van der Waals surface area contributed by atoms with Crippen LogP contribution in [0.2, 0.25) is 0 Å². The number of benzene rings is 2. The second-order valence-corrected chi connectivity index (χ2v) is 8.90. The Bertz CT molecular complexity index is 918. The van der Waals surface area contributed by atoms with E-state index in [2.05, 4.69) is 19.2 Å². The number of hydrogen-bond acceptors (Lipinski definition) is 4. The number of para-hydroxylation sites is 1. The van der Waals surface area contributed by atoms with Crippen LogP contribution in [-0.2, 0) is 27.7 Å². The molecule has 6 nitrogen and oxygen atoms in total. The molecule has 0 saturated heterocycles. The molecule has 0 radical (unpaired) electrons. The topological polar surface area (TPSA) is 75.7 Å². The highest BCUT2D eigenvalue weighted by atomic mass is 32.2. The van der Waals surface area contributed by atoms with Crippen molar-refractivity contribution >= 4 is 27.3 Å². The molecule has 1 N–H and O–H groups in total. The highest BCUT2D eigenvalue weighted by molar-refractivity contribution is 7.92. The number of rotatable bonds is 9. The van der Waals surface area contributed by atoms with Gasteiger partial charge in [0.05, 0.1) is 11.9 Å². The lowest BCUT2D eigenvalue weighted by Crippen LogP contribution is -2.33. The number of sulfonamides is 1. The molecule has 7 heteroatoms. The lowest BCUT2D eigenvalue weighted by atomic mass is 10.0. The summed E-state index contributed by atoms with van der Waals surface area (Å²) >= 11 is 0. The Kier molecular flexibility index (Phi) is 7.67. The third-order valence-corrected chi connectivity index (χ3v) is 6.09. The van der Waals surface area contributed by atoms with Crippen LogP contribution in [0.3, 0.4) is 0 Å². The van der Waals surface area contributed by atoms with E-state index in [1.807, 2.05) is 25.1 Å². The minimum absolute atomic E-state index is 0.194. The van der Waals surface area contributed by atoms with Gasteiger partial charge in [-0.05, 0) is 54.7 Å². The zero-order valence-electron chi connectivity index (χ0n) is 17.7. The van der Waals surface area contributed by atoms with E-state index in [4.69, 9.17) is 4.74 Å². The van der Waals surface area contributed by atoms with Gasteiger partial charge in [-0.1, -0.05) is 39.0 Å². The molecule has 158 valence electrons. The van der Waals surface area contributed by atoms with Crippen LogP contribution < -0.4 is 14.4 Å². The van der Waals surface area contributed by atoms with E-state index in [1.165, 1.54) is 11.4 Å². The van der Waals surface area contributed by atoms with Crippen LogP contribution in [0, 0.1) is 0 Å². The summed E-state index contributed by atoms with van der Waals surface area (Å²) in [5, 5.41) is 3.05. The van der Waals surface area contributed by atoms with Crippen molar-refractivity contribution in [3.8, 4) is 5.75 Å². The third kappa shape index (κ3) is 5.73. The van der Waals surface area contributed by atoms with Crippen molar-refractivity contribution in [2.75, 3.05) is 22.9 Å². The molecule has 0 aliphatic heterocycles. The van der Waals surface area contributed by atoms with E-state index >= 15 is 0 Å². The van der Waals surface area contributed by atoms with Gasteiger partial charge in [0.2, 0.25) is 10.0 Å². The molecular formula is C22H30N2O4S. The summed E-state index contributed by atoms with van der Waals surface area (Å²) in [5.41, 5.74) is 3.60. The maximum atomic E-state index is 12.9. The molecule has 0 fully saturated rings. The van der Waals surface area contributed by atoms with Crippen molar-refractivity contribution in [3.05, 3.63) is 53.6 Å². The summed E-state index contributed by atoms with van der Waals surface area (Å²) in [6.45, 7) is 6.02. The fourth-order valence-corrected chi connectivity index (χ4v) is 3.52. The van der Waals surface area contributed by atoms with Gasteiger partial charge in [0.15, 0.2) is 6.10 Å². The lowest BCUT2D eigenvalue weighted by Gasteiger charge is -2.21. The van der Waals surface area contributed by atoms with E-state index in [9.17, 15) is 13.2 Å². The Hall–Kier alpha value is -2.54. The number of amides is 1. The summed E-state index contributed by atoms with van der Waals surface area (Å²) in [4.78, 5) is 12.9. The molecular weight excluding hydrogens is 388 g/mol. The van der Waals surface area contributed by atoms with Crippen LogP contribution in [0.1, 0.15) is 38.3 Å². The number of nitrogens with one attached hydrogen (secondary N) is 1. The van der Waals surface area contributed by atoms with Crippen molar-refractivity contribution in [2.24, 2.45) is 0 Å². The number of hydrogen-bond donors (Lipinski definition) is 1. The molecule has 0 heterocycles. The van der Waals surface area contributed by atoms with E-state index in [1.54, 1.807) is 24.3 Å². The van der Waals surface area contributed by atoms with Gasteiger partial charge in [-0.3, -0.25) is 9.10 Å². The van der Waals surface area contributed by atoms with Gasteiger partial charge in [-0.2, -0.15) is 0 Å². The fourth-order valence-electron chi connectivity index (χ4n) is 3.02. The second kappa shape index (κ2) is 9.78. The Morgan fingerprint density at radius 3 is 2.03 bits per heavy atom. The lowest BCUT2D eigenvalue weighted by molar-refractivity contribution is -0.122. The number of ether oxygens (including phenoxy) is 1. The minimum atomic E-state index is -3.33. The molecule has 0 bridgehead atoms. The first-order valence-corrected chi connectivity index (χ1v) is 11.7. The molecule has 0 saturated carbocycles. The number of nitrogens with zero attached hydrogens (tertiary/aromatic N) is 1. The van der Waals surface area contributed by atoms with Crippen LogP contribution in [0.25, 0.3) is 0 Å². The highest BCUT2D eigenvalue weighted by Gasteiger charge is 2.21. The standard InChI is InChI=1S/C22H30N2O4S/c1-6-16-10-9-11-17(7-2)21(16)23-22(25)20(8-3)28-19-14-12-18(13-15-19)24(4)29(5,26)27/h9-15,20H,6-8H2,1-5H3,(H,23,25)/t20-/m0/s1. The van der Waals surface area contributed by atoms with Crippen LogP contribution in [0.4, 0.5) is 11.4 Å². The minimum Gasteiger partial charge on any atom is -0.481 e. The summed E-state index contributed by atoms with van der Waals surface area (Å²) < 4.78 is 30.4. The van der Waals surface area contributed by atoms with Crippen LogP contribution in [0.5, 0.6) is 5.75 Å². The Labute approximate surface area is 173 Å². The van der Waals surface area contributed by atoms with Gasteiger partial charge >= 0.3 is 0 Å². The average Bonchev–Trinajstić information content (AvgIpc) is 2.71. The maximum absolute atomic E-state index is 12.9. The summed E-state index contributed by atoms with van der Waals surface area (Å²) in [7, 11) is -1.84. The van der Waals surface area contributed by atoms with Gasteiger partial charge in [0, 0.05) is 12.7 Å². The molecule has 0 spiro atoms. The highest BCUT2D eigenvalue weighted by Crippen LogP contribution is 2.25. The zero-order valence-corrected chi connectivity index (χ0v) is 18.5. The predicted molar refractivity (Wildman–Crippen MR) is 118 cm³/mol. The van der Waals surface area contributed by atoms with E-state index in [0.717, 1.165) is 35.9 Å². The molecule has 0 aliphatic rings. The summed E-state index contributed by atoms with van der Waals surface area (Å²) in [5.74, 6) is 0.317. The number of aryl methyl sites for hydroxylation is 2. The van der Waals surface area contributed by atoms with Crippen molar-refractivity contribution in [3.63, 3.8) is 0 Å². The smallest absolute Gasteiger partial charge is 0.265 e. The molecule has 1 atom stereocenters. The largest absolute Gasteiger partial charge is 0.481 e. The van der Waals surface area contributed by atoms with E-state index in [-0.39, 0.29) is 5.91 Å². The van der Waals surface area contributed by atoms with Gasteiger partial charge in [-0.25, -0.2) is 8.42 Å². The van der Waals surface area contributed by atoms with Gasteiger partial charge in [0.25, 0.3) is 5.91 Å². The van der Waals surface area contributed by atoms with Crippen molar-refractivity contribution in [1.29, 1.82) is 0 Å². The predicted octanol–water partition coefficient (Wildman–Crippen LogP) is 4.00. The monoisotopic (exact) mass is 418 g/mol. The van der Waals surface area contributed by atoms with E-state index in [0.29, 0.717) is 17.9 Å². The second-order valence-electron chi connectivity index (χ2n) is 6.89. The SMILES string of the molecule is CCc1cccc(CC)c1NC(=O)[C@H](CC)Oc1ccc(N(C)S(C)(=O)=O)cc1. The summed E-state index contributed by atoms with van der Waals surface area (Å²) in [6.07, 6.45) is 2.66. The van der Waals surface area contributed by atoms with Crippen molar-refractivity contribution in [2.45, 2.75) is 46.1 Å². The van der Waals surface area contributed by atoms with Gasteiger partial charge in [-0.15, -0.1) is 0 Å². The third-order valence-electron chi connectivity index (χ3n) is 4.89. The van der Waals surface area contributed by atoms with Crippen LogP contribution in [0.15, 0.2) is 42.5 Å². The molecule has 29 heavy (non-hydrogen) atoms. The zero-order chi connectivity index (χ0) is 21.6. The van der Waals surface area contributed by atoms with Crippen molar-refractivity contribution < 1.29 is 17.9 Å². The van der Waals surface area contributed by atoms with Crippen LogP contribution in [-0.4, -0.2) is 33.7 Å². The summed E-state index contributed by atoms with van der Waals surface area (Å²) in [6, 6.07) is 12.7. The maximum Gasteiger partial charge on any atom is 0.265 e. The Morgan fingerprint density at radius 1 is 1.03 bits per heavy atom. The Morgan fingerprint density at radius 2 is 1.59 bits per heavy atom. The normalized spacial score (nSPS) is 12.3. The first-order chi connectivity index (χ1) is 13.7. The number of anilines is 2. The molecule has 0 aromatic heterocycles. The molecule has 2 rings (SSSR count). The number of carbonyl (C=O) groups is 1. The molecule has 2 aromatic carbocycles. The molecule has 2 aromatic rings. The fraction of sp³-hybridized carbons (Fsp3) is 0.409. The van der Waals surface area contributed by atoms with E-state index < -0.39 is 16.1 Å². The van der Waals surface area contributed by atoms with Gasteiger partial charge < -0.3 is 10.1 Å². The molecule has 0 unspecified atom stereocenters.